The fourth-order valence-corrected chi connectivity index (χ4v) is 4.53. The van der Waals surface area contributed by atoms with E-state index >= 15 is 0 Å². The van der Waals surface area contributed by atoms with Gasteiger partial charge in [-0.05, 0) is 46.3 Å². The standard InChI is InChI=1S/C11H9BrFN3O3S2/c12-9-3-4-10(20-9)21(18,19)16-8-2-1-6(5-7(8)13)11(14)15-17/h1-5,16-17H,(H2,14,15). The highest BCUT2D eigenvalue weighted by molar-refractivity contribution is 9.11. The van der Waals surface area contributed by atoms with Gasteiger partial charge in [0.25, 0.3) is 10.0 Å². The van der Waals surface area contributed by atoms with Gasteiger partial charge in [-0.3, -0.25) is 4.72 Å². The number of anilines is 1. The van der Waals surface area contributed by atoms with Crippen molar-refractivity contribution in [3.8, 4) is 0 Å². The van der Waals surface area contributed by atoms with E-state index in [0.717, 1.165) is 17.4 Å². The van der Waals surface area contributed by atoms with Gasteiger partial charge < -0.3 is 10.9 Å². The van der Waals surface area contributed by atoms with Crippen molar-refractivity contribution in [1.82, 2.24) is 0 Å². The van der Waals surface area contributed by atoms with Crippen LogP contribution < -0.4 is 10.5 Å². The van der Waals surface area contributed by atoms with Gasteiger partial charge in [-0.25, -0.2) is 12.8 Å². The van der Waals surface area contributed by atoms with Crippen LogP contribution in [-0.4, -0.2) is 19.5 Å². The first kappa shape index (κ1) is 15.7. The smallest absolute Gasteiger partial charge is 0.271 e. The Kier molecular flexibility index (Phi) is 4.49. The molecule has 0 saturated heterocycles. The van der Waals surface area contributed by atoms with Crippen LogP contribution in [0.15, 0.2) is 43.5 Å². The lowest BCUT2D eigenvalue weighted by molar-refractivity contribution is 0.318. The van der Waals surface area contributed by atoms with E-state index in [2.05, 4.69) is 25.8 Å². The Morgan fingerprint density at radius 2 is 2.10 bits per heavy atom. The maximum Gasteiger partial charge on any atom is 0.271 e. The van der Waals surface area contributed by atoms with Gasteiger partial charge in [0.2, 0.25) is 0 Å². The van der Waals surface area contributed by atoms with E-state index in [9.17, 15) is 12.8 Å². The Labute approximate surface area is 132 Å². The zero-order valence-corrected chi connectivity index (χ0v) is 13.5. The molecule has 0 aliphatic rings. The summed E-state index contributed by atoms with van der Waals surface area (Å²) in [6.45, 7) is 0. The summed E-state index contributed by atoms with van der Waals surface area (Å²) in [5.41, 5.74) is 5.23. The van der Waals surface area contributed by atoms with Crippen LogP contribution in [0.5, 0.6) is 0 Å². The number of hydrogen-bond donors (Lipinski definition) is 3. The minimum atomic E-state index is -3.87. The molecule has 1 aromatic heterocycles. The summed E-state index contributed by atoms with van der Waals surface area (Å²) in [6, 6.07) is 6.48. The van der Waals surface area contributed by atoms with E-state index in [1.54, 1.807) is 6.07 Å². The van der Waals surface area contributed by atoms with Crippen LogP contribution in [0.1, 0.15) is 5.56 Å². The zero-order chi connectivity index (χ0) is 15.6. The highest BCUT2D eigenvalue weighted by atomic mass is 79.9. The van der Waals surface area contributed by atoms with Gasteiger partial charge in [-0.15, -0.1) is 11.3 Å². The van der Waals surface area contributed by atoms with E-state index < -0.39 is 15.8 Å². The number of benzene rings is 1. The van der Waals surface area contributed by atoms with Crippen LogP contribution in [0.4, 0.5) is 10.1 Å². The van der Waals surface area contributed by atoms with Crippen molar-refractivity contribution < 1.29 is 18.0 Å². The molecule has 0 fully saturated rings. The maximum atomic E-state index is 13.9. The topological polar surface area (TPSA) is 105 Å². The van der Waals surface area contributed by atoms with Crippen LogP contribution in [0.2, 0.25) is 0 Å². The Bertz CT molecular complexity index is 805. The molecule has 2 aromatic rings. The number of hydrogen-bond acceptors (Lipinski definition) is 5. The van der Waals surface area contributed by atoms with E-state index in [0.29, 0.717) is 3.79 Å². The summed E-state index contributed by atoms with van der Waals surface area (Å²) in [5.74, 6) is -1.11. The number of rotatable bonds is 4. The Morgan fingerprint density at radius 3 is 2.62 bits per heavy atom. The molecule has 0 spiro atoms. The number of oxime groups is 1. The van der Waals surface area contributed by atoms with Crippen molar-refractivity contribution in [3.05, 3.63) is 45.5 Å². The minimum Gasteiger partial charge on any atom is -0.409 e. The second kappa shape index (κ2) is 6.00. The molecule has 0 aliphatic carbocycles. The number of thiophene rings is 1. The van der Waals surface area contributed by atoms with E-state index in [4.69, 9.17) is 10.9 Å². The largest absolute Gasteiger partial charge is 0.409 e. The summed E-state index contributed by atoms with van der Waals surface area (Å²) in [7, 11) is -3.87. The number of nitrogens with zero attached hydrogens (tertiary/aromatic N) is 1. The minimum absolute atomic E-state index is 0.0503. The second-order valence-electron chi connectivity index (χ2n) is 3.84. The number of nitrogens with two attached hydrogens (primary N) is 1. The summed E-state index contributed by atoms with van der Waals surface area (Å²) in [5, 5.41) is 11.3. The molecular formula is C11H9BrFN3O3S2. The lowest BCUT2D eigenvalue weighted by atomic mass is 10.2. The molecule has 4 N–H and O–H groups in total. The van der Waals surface area contributed by atoms with Crippen LogP contribution in [0.25, 0.3) is 0 Å². The fraction of sp³-hybridized carbons (Fsp3) is 0. The van der Waals surface area contributed by atoms with Gasteiger partial charge in [0.05, 0.1) is 9.47 Å². The molecule has 10 heteroatoms. The number of nitrogens with one attached hydrogen (secondary N) is 1. The third-order valence-corrected chi connectivity index (χ3v) is 5.91. The highest BCUT2D eigenvalue weighted by Crippen LogP contribution is 2.28. The molecule has 0 aliphatic heterocycles. The molecule has 112 valence electrons. The van der Waals surface area contributed by atoms with Crippen molar-refractivity contribution in [2.24, 2.45) is 10.9 Å². The average molecular weight is 394 g/mol. The molecule has 0 amide bonds. The van der Waals surface area contributed by atoms with Crippen molar-refractivity contribution in [2.75, 3.05) is 4.72 Å². The molecule has 0 radical (unpaired) electrons. The van der Waals surface area contributed by atoms with Gasteiger partial charge in [-0.1, -0.05) is 5.16 Å². The summed E-state index contributed by atoms with van der Waals surface area (Å²) >= 11 is 4.16. The molecule has 0 saturated carbocycles. The third-order valence-electron chi connectivity index (χ3n) is 2.43. The van der Waals surface area contributed by atoms with Crippen LogP contribution in [-0.2, 0) is 10.0 Å². The fourth-order valence-electron chi connectivity index (χ4n) is 1.45. The third kappa shape index (κ3) is 3.52. The number of halogens is 2. The van der Waals surface area contributed by atoms with E-state index in [-0.39, 0.29) is 21.3 Å². The predicted molar refractivity (Wildman–Crippen MR) is 81.7 cm³/mol. The molecule has 2 rings (SSSR count). The number of amidine groups is 1. The predicted octanol–water partition coefficient (Wildman–Crippen LogP) is 2.55. The van der Waals surface area contributed by atoms with Gasteiger partial charge in [-0.2, -0.15) is 0 Å². The monoisotopic (exact) mass is 393 g/mol. The maximum absolute atomic E-state index is 13.9. The lowest BCUT2D eigenvalue weighted by Crippen LogP contribution is -2.15. The SMILES string of the molecule is N/C(=N/O)c1ccc(NS(=O)(=O)c2ccc(Br)s2)c(F)c1. The van der Waals surface area contributed by atoms with Gasteiger partial charge >= 0.3 is 0 Å². The van der Waals surface area contributed by atoms with Crippen molar-refractivity contribution >= 4 is 48.8 Å². The Morgan fingerprint density at radius 1 is 1.38 bits per heavy atom. The highest BCUT2D eigenvalue weighted by Gasteiger charge is 2.18. The van der Waals surface area contributed by atoms with Crippen molar-refractivity contribution in [1.29, 1.82) is 0 Å². The lowest BCUT2D eigenvalue weighted by Gasteiger charge is -2.08. The average Bonchev–Trinajstić information content (AvgIpc) is 2.87. The zero-order valence-electron chi connectivity index (χ0n) is 10.2. The first-order valence-corrected chi connectivity index (χ1v) is 8.48. The number of sulfonamides is 1. The molecule has 6 nitrogen and oxygen atoms in total. The van der Waals surface area contributed by atoms with Gasteiger partial charge in [0, 0.05) is 5.56 Å². The summed E-state index contributed by atoms with van der Waals surface area (Å²) in [6.07, 6.45) is 0. The molecule has 21 heavy (non-hydrogen) atoms. The molecule has 1 heterocycles. The first-order chi connectivity index (χ1) is 9.83. The molecule has 0 atom stereocenters. The molecule has 0 bridgehead atoms. The quantitative estimate of drug-likeness (QED) is 0.321. The second-order valence-corrected chi connectivity index (χ2v) is 8.22. The Balaban J connectivity index is 2.32. The summed E-state index contributed by atoms with van der Waals surface area (Å²) in [4.78, 5) is 0. The molecule has 1 aromatic carbocycles. The Hall–Kier alpha value is -1.65. The van der Waals surface area contributed by atoms with Crippen molar-refractivity contribution in [3.63, 3.8) is 0 Å². The summed E-state index contributed by atoms with van der Waals surface area (Å²) < 4.78 is 40.8. The van der Waals surface area contributed by atoms with Crippen LogP contribution in [0, 0.1) is 5.82 Å². The van der Waals surface area contributed by atoms with Crippen LogP contribution >= 0.6 is 27.3 Å². The van der Waals surface area contributed by atoms with E-state index in [1.807, 2.05) is 0 Å². The molecule has 0 unspecified atom stereocenters. The van der Waals surface area contributed by atoms with E-state index in [1.165, 1.54) is 18.2 Å². The van der Waals surface area contributed by atoms with Gasteiger partial charge in [0.1, 0.15) is 10.0 Å². The van der Waals surface area contributed by atoms with Crippen molar-refractivity contribution in [2.45, 2.75) is 4.21 Å². The molecular weight excluding hydrogens is 385 g/mol. The van der Waals surface area contributed by atoms with Gasteiger partial charge in [0.15, 0.2) is 5.84 Å². The van der Waals surface area contributed by atoms with Crippen LogP contribution in [0.3, 0.4) is 0 Å². The normalized spacial score (nSPS) is 12.4. The first-order valence-electron chi connectivity index (χ1n) is 5.39.